The average Bonchev–Trinajstić information content (AvgIpc) is 3.18. The molecule has 0 unspecified atom stereocenters. The number of piperidine rings is 1. The molecule has 32 heavy (non-hydrogen) atoms. The van der Waals surface area contributed by atoms with Gasteiger partial charge in [-0.15, -0.1) is 0 Å². The second kappa shape index (κ2) is 9.06. The summed E-state index contributed by atoms with van der Waals surface area (Å²) in [5, 5.41) is 7.56. The number of fused-ring (bicyclic) bond motifs is 1. The van der Waals surface area contributed by atoms with E-state index in [1.807, 2.05) is 19.9 Å². The lowest BCUT2D eigenvalue weighted by Crippen LogP contribution is -2.43. The van der Waals surface area contributed by atoms with E-state index in [1.54, 1.807) is 24.0 Å². The first-order valence-corrected chi connectivity index (χ1v) is 10.9. The van der Waals surface area contributed by atoms with Crippen molar-refractivity contribution in [2.75, 3.05) is 13.1 Å². The fourth-order valence-electron chi connectivity index (χ4n) is 4.03. The van der Waals surface area contributed by atoms with Crippen molar-refractivity contribution >= 4 is 22.9 Å². The number of carbonyl (C=O) groups excluding carboxylic acids is 2. The first-order valence-electron chi connectivity index (χ1n) is 10.9. The van der Waals surface area contributed by atoms with E-state index in [0.29, 0.717) is 54.8 Å². The number of hydrogen-bond acceptors (Lipinski definition) is 5. The Morgan fingerprint density at radius 1 is 1.22 bits per heavy atom. The first-order chi connectivity index (χ1) is 15.3. The first kappa shape index (κ1) is 21.9. The Labute approximate surface area is 186 Å². The molecule has 0 aliphatic carbocycles. The molecule has 0 radical (unpaired) electrons. The summed E-state index contributed by atoms with van der Waals surface area (Å²) in [4.78, 5) is 32.2. The number of aromatic nitrogens is 2. The van der Waals surface area contributed by atoms with Crippen molar-refractivity contribution < 1.29 is 18.5 Å². The van der Waals surface area contributed by atoms with Gasteiger partial charge in [-0.05, 0) is 49.4 Å². The van der Waals surface area contributed by atoms with Crippen LogP contribution in [-0.2, 0) is 11.3 Å². The van der Waals surface area contributed by atoms with Gasteiger partial charge in [0.05, 0.1) is 16.6 Å². The molecular formula is C24H27FN4O3. The van der Waals surface area contributed by atoms with Crippen LogP contribution < -0.4 is 5.32 Å². The average molecular weight is 439 g/mol. The van der Waals surface area contributed by atoms with Crippen molar-refractivity contribution in [3.63, 3.8) is 0 Å². The highest BCUT2D eigenvalue weighted by Crippen LogP contribution is 2.28. The zero-order valence-corrected chi connectivity index (χ0v) is 18.5. The summed E-state index contributed by atoms with van der Waals surface area (Å²) >= 11 is 0. The number of nitrogens with one attached hydrogen (secondary N) is 1. The monoisotopic (exact) mass is 438 g/mol. The normalized spacial score (nSPS) is 14.8. The number of aryl methyl sites for hydroxylation is 1. The maximum atomic E-state index is 13.4. The lowest BCUT2D eigenvalue weighted by atomic mass is 9.94. The van der Waals surface area contributed by atoms with Crippen molar-refractivity contribution in [3.8, 4) is 0 Å². The maximum Gasteiger partial charge on any atom is 0.259 e. The number of rotatable bonds is 5. The SMILES string of the molecule is Cc1noc2nc(C(C)C)cc(C(=O)N3CCC(C(=O)NCc4ccc(F)cc4)CC3)c12. The Hall–Kier alpha value is -3.29. The molecule has 1 aliphatic rings. The number of amides is 2. The van der Waals surface area contributed by atoms with Crippen LogP contribution >= 0.6 is 0 Å². The minimum absolute atomic E-state index is 0.0373. The Kier molecular flexibility index (Phi) is 6.21. The van der Waals surface area contributed by atoms with Crippen LogP contribution in [0.3, 0.4) is 0 Å². The van der Waals surface area contributed by atoms with Gasteiger partial charge in [-0.2, -0.15) is 0 Å². The van der Waals surface area contributed by atoms with Gasteiger partial charge in [0, 0.05) is 31.2 Å². The van der Waals surface area contributed by atoms with Gasteiger partial charge in [0.25, 0.3) is 11.6 Å². The number of benzene rings is 1. The van der Waals surface area contributed by atoms with E-state index in [4.69, 9.17) is 4.52 Å². The number of nitrogens with zero attached hydrogens (tertiary/aromatic N) is 3. The van der Waals surface area contributed by atoms with E-state index in [9.17, 15) is 14.0 Å². The predicted molar refractivity (Wildman–Crippen MR) is 118 cm³/mol. The van der Waals surface area contributed by atoms with Gasteiger partial charge < -0.3 is 14.7 Å². The largest absolute Gasteiger partial charge is 0.352 e. The van der Waals surface area contributed by atoms with Crippen LogP contribution in [-0.4, -0.2) is 39.9 Å². The molecule has 0 atom stereocenters. The zero-order chi connectivity index (χ0) is 22.8. The number of halogens is 1. The summed E-state index contributed by atoms with van der Waals surface area (Å²) < 4.78 is 18.4. The number of pyridine rings is 1. The summed E-state index contributed by atoms with van der Waals surface area (Å²) in [6, 6.07) is 7.91. The highest BCUT2D eigenvalue weighted by atomic mass is 19.1. The Bertz CT molecular complexity index is 1130. The van der Waals surface area contributed by atoms with Gasteiger partial charge in [0.15, 0.2) is 0 Å². The van der Waals surface area contributed by atoms with Crippen molar-refractivity contribution in [1.29, 1.82) is 0 Å². The van der Waals surface area contributed by atoms with Crippen LogP contribution in [0.5, 0.6) is 0 Å². The van der Waals surface area contributed by atoms with Crippen LogP contribution in [0.2, 0.25) is 0 Å². The molecule has 3 heterocycles. The molecule has 1 fully saturated rings. The van der Waals surface area contributed by atoms with E-state index in [-0.39, 0.29) is 29.5 Å². The molecular weight excluding hydrogens is 411 g/mol. The standard InChI is InChI=1S/C24H27FN4O3/c1-14(2)20-12-19(21-15(3)28-32-23(21)27-20)24(31)29-10-8-17(9-11-29)22(30)26-13-16-4-6-18(25)7-5-16/h4-7,12,14,17H,8-11,13H2,1-3H3,(H,26,30). The summed E-state index contributed by atoms with van der Waals surface area (Å²) in [6.07, 6.45) is 1.18. The van der Waals surface area contributed by atoms with Gasteiger partial charge >= 0.3 is 0 Å². The van der Waals surface area contributed by atoms with Gasteiger partial charge in [-0.1, -0.05) is 31.1 Å². The highest BCUT2D eigenvalue weighted by Gasteiger charge is 2.30. The Morgan fingerprint density at radius 3 is 2.56 bits per heavy atom. The predicted octanol–water partition coefficient (Wildman–Crippen LogP) is 3.96. The van der Waals surface area contributed by atoms with Crippen LogP contribution in [0, 0.1) is 18.7 Å². The molecule has 1 aliphatic heterocycles. The maximum absolute atomic E-state index is 13.4. The van der Waals surface area contributed by atoms with Crippen molar-refractivity contribution in [3.05, 3.63) is 58.7 Å². The summed E-state index contributed by atoms with van der Waals surface area (Å²) in [5.74, 6) is -0.432. The number of carbonyl (C=O) groups is 2. The van der Waals surface area contributed by atoms with Gasteiger partial charge in [-0.25, -0.2) is 9.37 Å². The van der Waals surface area contributed by atoms with Crippen LogP contribution in [0.1, 0.15) is 59.9 Å². The van der Waals surface area contributed by atoms with Crippen LogP contribution in [0.15, 0.2) is 34.9 Å². The molecule has 0 spiro atoms. The fraction of sp³-hybridized carbons (Fsp3) is 0.417. The van der Waals surface area contributed by atoms with Gasteiger partial charge in [0.2, 0.25) is 5.91 Å². The molecule has 1 saturated heterocycles. The third kappa shape index (κ3) is 4.49. The third-order valence-corrected chi connectivity index (χ3v) is 5.99. The van der Waals surface area contributed by atoms with Crippen molar-refractivity contribution in [2.24, 2.45) is 5.92 Å². The van der Waals surface area contributed by atoms with Gasteiger partial charge in [0.1, 0.15) is 5.82 Å². The molecule has 2 aromatic heterocycles. The Balaban J connectivity index is 1.41. The van der Waals surface area contributed by atoms with Crippen molar-refractivity contribution in [1.82, 2.24) is 20.4 Å². The fourth-order valence-corrected chi connectivity index (χ4v) is 4.03. The molecule has 8 heteroatoms. The van der Waals surface area contributed by atoms with E-state index in [2.05, 4.69) is 15.5 Å². The minimum atomic E-state index is -0.300. The third-order valence-electron chi connectivity index (χ3n) is 5.99. The lowest BCUT2D eigenvalue weighted by molar-refractivity contribution is -0.126. The van der Waals surface area contributed by atoms with Crippen LogP contribution in [0.4, 0.5) is 4.39 Å². The van der Waals surface area contributed by atoms with Crippen molar-refractivity contribution in [2.45, 2.75) is 46.1 Å². The molecule has 1 aromatic carbocycles. The van der Waals surface area contributed by atoms with E-state index < -0.39 is 0 Å². The molecule has 7 nitrogen and oxygen atoms in total. The molecule has 168 valence electrons. The molecule has 3 aromatic rings. The zero-order valence-electron chi connectivity index (χ0n) is 18.5. The smallest absolute Gasteiger partial charge is 0.259 e. The molecule has 0 saturated carbocycles. The Morgan fingerprint density at radius 2 is 1.91 bits per heavy atom. The minimum Gasteiger partial charge on any atom is -0.352 e. The van der Waals surface area contributed by atoms with Crippen LogP contribution in [0.25, 0.3) is 11.1 Å². The quantitative estimate of drug-likeness (QED) is 0.651. The highest BCUT2D eigenvalue weighted by molar-refractivity contribution is 6.06. The molecule has 1 N–H and O–H groups in total. The van der Waals surface area contributed by atoms with E-state index in [0.717, 1.165) is 11.3 Å². The van der Waals surface area contributed by atoms with E-state index >= 15 is 0 Å². The van der Waals surface area contributed by atoms with Gasteiger partial charge in [-0.3, -0.25) is 9.59 Å². The second-order valence-corrected chi connectivity index (χ2v) is 8.61. The number of hydrogen-bond donors (Lipinski definition) is 1. The number of likely N-dealkylation sites (tertiary alicyclic amines) is 1. The molecule has 2 amide bonds. The summed E-state index contributed by atoms with van der Waals surface area (Å²) in [7, 11) is 0. The molecule has 0 bridgehead atoms. The molecule has 4 rings (SSSR count). The summed E-state index contributed by atoms with van der Waals surface area (Å²) in [5.41, 5.74) is 3.20. The summed E-state index contributed by atoms with van der Waals surface area (Å²) in [6.45, 7) is 7.19. The van der Waals surface area contributed by atoms with E-state index in [1.165, 1.54) is 12.1 Å². The topological polar surface area (TPSA) is 88.3 Å². The second-order valence-electron chi connectivity index (χ2n) is 8.61. The lowest BCUT2D eigenvalue weighted by Gasteiger charge is -2.31.